The molecule has 0 unspecified atom stereocenters. The number of aliphatic hydroxyl groups is 4. The monoisotopic (exact) mass is 336 g/mol. The maximum Gasteiger partial charge on any atom is 0.102 e. The third kappa shape index (κ3) is 2.50. The normalized spacial score (nSPS) is 48.0. The third-order valence-electron chi connectivity index (χ3n) is 6.93. The van der Waals surface area contributed by atoms with Gasteiger partial charge < -0.3 is 20.4 Å². The zero-order valence-corrected chi connectivity index (χ0v) is 15.2. The topological polar surface area (TPSA) is 80.9 Å². The van der Waals surface area contributed by atoms with Crippen LogP contribution in [0.1, 0.15) is 47.0 Å². The maximum absolute atomic E-state index is 11.0. The molecule has 24 heavy (non-hydrogen) atoms. The van der Waals surface area contributed by atoms with Gasteiger partial charge in [0, 0.05) is 17.9 Å². The van der Waals surface area contributed by atoms with Gasteiger partial charge in [0.15, 0.2) is 0 Å². The predicted octanol–water partition coefficient (Wildman–Crippen LogP) is 2.03. The van der Waals surface area contributed by atoms with E-state index in [-0.39, 0.29) is 30.3 Å². The van der Waals surface area contributed by atoms with Crippen molar-refractivity contribution in [2.75, 3.05) is 6.61 Å². The van der Waals surface area contributed by atoms with Crippen LogP contribution in [0.25, 0.3) is 0 Å². The Bertz CT molecular complexity index is 564. The molecule has 0 amide bonds. The van der Waals surface area contributed by atoms with E-state index in [0.29, 0.717) is 6.42 Å². The zero-order valence-electron chi connectivity index (χ0n) is 15.2. The molecule has 4 N–H and O–H groups in total. The van der Waals surface area contributed by atoms with Crippen molar-refractivity contribution in [1.82, 2.24) is 0 Å². The molecule has 0 bridgehead atoms. The Morgan fingerprint density at radius 1 is 1.21 bits per heavy atom. The van der Waals surface area contributed by atoms with Gasteiger partial charge in [0.1, 0.15) is 6.10 Å². The summed E-state index contributed by atoms with van der Waals surface area (Å²) >= 11 is 0. The van der Waals surface area contributed by atoms with Gasteiger partial charge in [0.25, 0.3) is 0 Å². The number of rotatable bonds is 2. The van der Waals surface area contributed by atoms with Crippen LogP contribution in [0.5, 0.6) is 0 Å². The quantitative estimate of drug-likeness (QED) is 0.582. The Balaban J connectivity index is 2.21. The number of aliphatic hydroxyl groups excluding tert-OH is 4. The number of hydrogen-bond donors (Lipinski definition) is 4. The molecule has 0 heterocycles. The molecule has 0 spiro atoms. The van der Waals surface area contributed by atoms with Gasteiger partial charge in [-0.05, 0) is 49.5 Å². The summed E-state index contributed by atoms with van der Waals surface area (Å²) in [5.74, 6) is 0.430. The lowest BCUT2D eigenvalue weighted by molar-refractivity contribution is -0.0216. The van der Waals surface area contributed by atoms with Crippen LogP contribution >= 0.6 is 0 Å². The molecule has 0 aliphatic heterocycles. The molecule has 1 fully saturated rings. The van der Waals surface area contributed by atoms with Crippen LogP contribution in [0.15, 0.2) is 22.8 Å². The second-order valence-corrected chi connectivity index (χ2v) is 8.60. The van der Waals surface area contributed by atoms with Crippen molar-refractivity contribution in [3.05, 3.63) is 22.8 Å². The Hall–Kier alpha value is -0.680. The Kier molecular flexibility index (Phi) is 4.71. The van der Waals surface area contributed by atoms with Gasteiger partial charge in [-0.25, -0.2) is 0 Å². The fraction of sp³-hybridized carbons (Fsp3) is 0.800. The summed E-state index contributed by atoms with van der Waals surface area (Å²) in [5, 5.41) is 42.4. The smallest absolute Gasteiger partial charge is 0.102 e. The van der Waals surface area contributed by atoms with Crippen molar-refractivity contribution in [3.8, 4) is 0 Å². The molecule has 0 saturated heterocycles. The van der Waals surface area contributed by atoms with Crippen molar-refractivity contribution in [3.63, 3.8) is 0 Å². The first-order valence-electron chi connectivity index (χ1n) is 9.33. The largest absolute Gasteiger partial charge is 0.396 e. The number of hydrogen-bond acceptors (Lipinski definition) is 4. The van der Waals surface area contributed by atoms with Gasteiger partial charge in [0.05, 0.1) is 12.2 Å². The van der Waals surface area contributed by atoms with E-state index in [9.17, 15) is 20.4 Å². The fourth-order valence-electron chi connectivity index (χ4n) is 5.33. The lowest BCUT2D eigenvalue weighted by Crippen LogP contribution is -2.44. The van der Waals surface area contributed by atoms with E-state index < -0.39 is 23.7 Å². The molecule has 3 aliphatic carbocycles. The minimum absolute atomic E-state index is 0.0639. The molecule has 0 aromatic heterocycles. The van der Waals surface area contributed by atoms with E-state index in [2.05, 4.69) is 19.9 Å². The Morgan fingerprint density at radius 3 is 2.46 bits per heavy atom. The standard InChI is InChI=1S/C20H32O4/c1-10(2)14-7-16(22)20(4)8-15-12(9-21)5-6-13(15)11(3)18(23)19(24)17(14)20/h8,10-13,16,18-19,21-24H,5-7,9H2,1-4H3/b15-8-/t11-,12-,13+,16+,18-,19-,20+/m1/s1. The second kappa shape index (κ2) is 6.24. The first-order valence-corrected chi connectivity index (χ1v) is 9.33. The van der Waals surface area contributed by atoms with Crippen molar-refractivity contribution in [2.24, 2.45) is 29.1 Å². The van der Waals surface area contributed by atoms with Crippen LogP contribution in [0.4, 0.5) is 0 Å². The SMILES string of the molecule is CC(C)C1=C2[C@@H](O)[C@H](O)[C@H](C)[C@@H]3CC[C@H](CO)/C3=C/[C@@]2(C)[C@@H](O)C1. The van der Waals surface area contributed by atoms with Gasteiger partial charge in [-0.2, -0.15) is 0 Å². The van der Waals surface area contributed by atoms with E-state index in [4.69, 9.17) is 0 Å². The average molecular weight is 336 g/mol. The summed E-state index contributed by atoms with van der Waals surface area (Å²) in [4.78, 5) is 0. The van der Waals surface area contributed by atoms with Crippen LogP contribution in [-0.2, 0) is 0 Å². The molecule has 7 atom stereocenters. The van der Waals surface area contributed by atoms with Gasteiger partial charge in [-0.1, -0.05) is 38.0 Å². The molecular weight excluding hydrogens is 304 g/mol. The Morgan fingerprint density at radius 2 is 1.88 bits per heavy atom. The van der Waals surface area contributed by atoms with E-state index in [0.717, 1.165) is 24.0 Å². The van der Waals surface area contributed by atoms with Crippen LogP contribution in [0, 0.1) is 29.1 Å². The third-order valence-corrected chi connectivity index (χ3v) is 6.93. The summed E-state index contributed by atoms with van der Waals surface area (Å²) in [7, 11) is 0. The molecule has 0 radical (unpaired) electrons. The zero-order chi connectivity index (χ0) is 17.8. The van der Waals surface area contributed by atoms with Gasteiger partial charge in [-0.15, -0.1) is 0 Å². The van der Waals surface area contributed by atoms with Gasteiger partial charge in [-0.3, -0.25) is 0 Å². The molecule has 4 heteroatoms. The van der Waals surface area contributed by atoms with Crippen molar-refractivity contribution >= 4 is 0 Å². The summed E-state index contributed by atoms with van der Waals surface area (Å²) in [6.45, 7) is 8.23. The summed E-state index contributed by atoms with van der Waals surface area (Å²) < 4.78 is 0. The van der Waals surface area contributed by atoms with E-state index in [1.807, 2.05) is 13.8 Å². The van der Waals surface area contributed by atoms with Crippen molar-refractivity contribution in [2.45, 2.75) is 65.3 Å². The van der Waals surface area contributed by atoms with E-state index in [1.165, 1.54) is 5.57 Å². The highest BCUT2D eigenvalue weighted by molar-refractivity contribution is 5.42. The highest BCUT2D eigenvalue weighted by Crippen LogP contribution is 2.54. The molecule has 0 aromatic carbocycles. The molecule has 0 aromatic rings. The predicted molar refractivity (Wildman–Crippen MR) is 93.2 cm³/mol. The summed E-state index contributed by atoms with van der Waals surface area (Å²) in [5.41, 5.74) is 2.38. The Labute approximate surface area is 144 Å². The minimum Gasteiger partial charge on any atom is -0.396 e. The van der Waals surface area contributed by atoms with Crippen LogP contribution < -0.4 is 0 Å². The molecule has 3 aliphatic rings. The second-order valence-electron chi connectivity index (χ2n) is 8.60. The van der Waals surface area contributed by atoms with E-state index >= 15 is 0 Å². The molecule has 3 rings (SSSR count). The van der Waals surface area contributed by atoms with Gasteiger partial charge in [0.2, 0.25) is 0 Å². The van der Waals surface area contributed by atoms with Crippen molar-refractivity contribution < 1.29 is 20.4 Å². The summed E-state index contributed by atoms with van der Waals surface area (Å²) in [6, 6.07) is 0. The molecule has 136 valence electrons. The van der Waals surface area contributed by atoms with Crippen LogP contribution in [0.3, 0.4) is 0 Å². The maximum atomic E-state index is 11.0. The van der Waals surface area contributed by atoms with Crippen molar-refractivity contribution in [1.29, 1.82) is 0 Å². The van der Waals surface area contributed by atoms with Crippen LogP contribution in [0.2, 0.25) is 0 Å². The highest BCUT2D eigenvalue weighted by Gasteiger charge is 2.52. The highest BCUT2D eigenvalue weighted by atomic mass is 16.3. The average Bonchev–Trinajstić information content (AvgIpc) is 3.04. The first-order chi connectivity index (χ1) is 11.2. The number of fused-ring (bicyclic) bond motifs is 2. The van der Waals surface area contributed by atoms with Gasteiger partial charge >= 0.3 is 0 Å². The molecule has 1 saturated carbocycles. The fourth-order valence-corrected chi connectivity index (χ4v) is 5.33. The molecular formula is C20H32O4. The summed E-state index contributed by atoms with van der Waals surface area (Å²) in [6.07, 6.45) is 2.13. The van der Waals surface area contributed by atoms with Crippen LogP contribution in [-0.4, -0.2) is 45.3 Å². The minimum atomic E-state index is -0.939. The molecule has 4 nitrogen and oxygen atoms in total. The first kappa shape index (κ1) is 18.1. The lowest BCUT2D eigenvalue weighted by Gasteiger charge is -2.41. The lowest BCUT2D eigenvalue weighted by atomic mass is 9.68. The van der Waals surface area contributed by atoms with E-state index in [1.54, 1.807) is 0 Å².